The third-order valence-corrected chi connectivity index (χ3v) is 4.66. The molecule has 4 nitrogen and oxygen atoms in total. The van der Waals surface area contributed by atoms with E-state index in [0.29, 0.717) is 17.6 Å². The average molecular weight is 358 g/mol. The van der Waals surface area contributed by atoms with Gasteiger partial charge in [0.15, 0.2) is 0 Å². The molecule has 1 aromatic rings. The second-order valence-electron chi connectivity index (χ2n) is 3.69. The highest BCUT2D eigenvalue weighted by Gasteiger charge is 2.16. The Morgan fingerprint density at radius 3 is 2.50 bits per heavy atom. The zero-order valence-corrected chi connectivity index (χ0v) is 13.6. The molecule has 0 aliphatic rings. The van der Waals surface area contributed by atoms with Gasteiger partial charge in [0.1, 0.15) is 0 Å². The van der Waals surface area contributed by atoms with E-state index in [1.165, 1.54) is 0 Å². The van der Waals surface area contributed by atoms with Gasteiger partial charge < -0.3 is 5.32 Å². The standard InChI is InChI=1S/C11H17BrN2O2S.ClH/c1-3-13-6-7-14-17(15,16)11-5-4-9(2)8-10(11)12;/h4-5,8,13-14H,3,6-7H2,1-2H3;1H. The van der Waals surface area contributed by atoms with Gasteiger partial charge in [-0.25, -0.2) is 13.1 Å². The maximum atomic E-state index is 12.0. The molecule has 0 aliphatic heterocycles. The second kappa shape index (κ2) is 8.12. The summed E-state index contributed by atoms with van der Waals surface area (Å²) in [4.78, 5) is 0.277. The lowest BCUT2D eigenvalue weighted by Gasteiger charge is -2.09. The number of halogens is 2. The lowest BCUT2D eigenvalue weighted by molar-refractivity contribution is 0.577. The minimum Gasteiger partial charge on any atom is -0.316 e. The van der Waals surface area contributed by atoms with Crippen LogP contribution in [0.2, 0.25) is 0 Å². The molecular formula is C11H18BrClN2O2S. The van der Waals surface area contributed by atoms with Crippen LogP contribution in [0.4, 0.5) is 0 Å². The first kappa shape index (κ1) is 17.9. The molecule has 0 saturated heterocycles. The molecule has 0 fully saturated rings. The van der Waals surface area contributed by atoms with Crippen LogP contribution in [0.25, 0.3) is 0 Å². The van der Waals surface area contributed by atoms with E-state index in [0.717, 1.165) is 12.1 Å². The quantitative estimate of drug-likeness (QED) is 0.766. The molecule has 0 atom stereocenters. The highest BCUT2D eigenvalue weighted by Crippen LogP contribution is 2.22. The number of rotatable bonds is 6. The van der Waals surface area contributed by atoms with Gasteiger partial charge in [-0.15, -0.1) is 12.4 Å². The van der Waals surface area contributed by atoms with Gasteiger partial charge in [0.25, 0.3) is 0 Å². The number of hydrogen-bond donors (Lipinski definition) is 2. The van der Waals surface area contributed by atoms with Crippen molar-refractivity contribution >= 4 is 38.4 Å². The summed E-state index contributed by atoms with van der Waals surface area (Å²) < 4.78 is 27.1. The van der Waals surface area contributed by atoms with Crippen molar-refractivity contribution in [3.8, 4) is 0 Å². The van der Waals surface area contributed by atoms with Crippen molar-refractivity contribution in [3.05, 3.63) is 28.2 Å². The van der Waals surface area contributed by atoms with Crippen LogP contribution in [-0.2, 0) is 10.0 Å². The van der Waals surface area contributed by atoms with Gasteiger partial charge in [-0.3, -0.25) is 0 Å². The van der Waals surface area contributed by atoms with Crippen LogP contribution < -0.4 is 10.0 Å². The first-order valence-electron chi connectivity index (χ1n) is 5.44. The Bertz CT molecular complexity index is 480. The van der Waals surface area contributed by atoms with E-state index >= 15 is 0 Å². The highest BCUT2D eigenvalue weighted by molar-refractivity contribution is 9.10. The summed E-state index contributed by atoms with van der Waals surface area (Å²) in [6.07, 6.45) is 0. The average Bonchev–Trinajstić information content (AvgIpc) is 2.24. The molecule has 0 bridgehead atoms. The molecule has 0 heterocycles. The van der Waals surface area contributed by atoms with Crippen LogP contribution in [0.1, 0.15) is 12.5 Å². The summed E-state index contributed by atoms with van der Waals surface area (Å²) in [6, 6.07) is 5.18. The summed E-state index contributed by atoms with van der Waals surface area (Å²) >= 11 is 3.27. The van der Waals surface area contributed by atoms with Gasteiger partial charge in [-0.05, 0) is 47.1 Å². The number of aryl methyl sites for hydroxylation is 1. The zero-order chi connectivity index (χ0) is 12.9. The molecule has 0 saturated carbocycles. The maximum Gasteiger partial charge on any atom is 0.241 e. The molecule has 0 amide bonds. The number of sulfonamides is 1. The van der Waals surface area contributed by atoms with E-state index < -0.39 is 10.0 Å². The minimum absolute atomic E-state index is 0. The first-order chi connectivity index (χ1) is 7.97. The predicted octanol–water partition coefficient (Wildman–Crippen LogP) is 2.07. The fraction of sp³-hybridized carbons (Fsp3) is 0.455. The molecule has 2 N–H and O–H groups in total. The van der Waals surface area contributed by atoms with E-state index in [4.69, 9.17) is 0 Å². The number of nitrogens with one attached hydrogen (secondary N) is 2. The fourth-order valence-electron chi connectivity index (χ4n) is 1.35. The molecule has 0 aliphatic carbocycles. The van der Waals surface area contributed by atoms with E-state index in [2.05, 4.69) is 26.0 Å². The summed E-state index contributed by atoms with van der Waals surface area (Å²) in [6.45, 7) is 5.73. The fourth-order valence-corrected chi connectivity index (χ4v) is 3.57. The van der Waals surface area contributed by atoms with E-state index in [1.807, 2.05) is 13.8 Å². The van der Waals surface area contributed by atoms with Crippen molar-refractivity contribution < 1.29 is 8.42 Å². The van der Waals surface area contributed by atoms with Gasteiger partial charge in [-0.1, -0.05) is 13.0 Å². The molecule has 0 spiro atoms. The van der Waals surface area contributed by atoms with E-state index in [9.17, 15) is 8.42 Å². The monoisotopic (exact) mass is 356 g/mol. The maximum absolute atomic E-state index is 12.0. The number of likely N-dealkylation sites (N-methyl/N-ethyl adjacent to an activating group) is 1. The summed E-state index contributed by atoms with van der Waals surface area (Å²) in [5, 5.41) is 3.06. The molecule has 104 valence electrons. The number of hydrogen-bond acceptors (Lipinski definition) is 3. The largest absolute Gasteiger partial charge is 0.316 e. The lowest BCUT2D eigenvalue weighted by Crippen LogP contribution is -2.31. The normalized spacial score (nSPS) is 11.1. The predicted molar refractivity (Wildman–Crippen MR) is 79.9 cm³/mol. The third-order valence-electron chi connectivity index (χ3n) is 2.22. The van der Waals surface area contributed by atoms with Crippen molar-refractivity contribution in [1.82, 2.24) is 10.0 Å². The molecule has 18 heavy (non-hydrogen) atoms. The molecular weight excluding hydrogens is 340 g/mol. The van der Waals surface area contributed by atoms with Gasteiger partial charge in [-0.2, -0.15) is 0 Å². The first-order valence-corrected chi connectivity index (χ1v) is 7.71. The molecule has 0 aromatic heterocycles. The van der Waals surface area contributed by atoms with Gasteiger partial charge in [0.05, 0.1) is 4.90 Å². The van der Waals surface area contributed by atoms with E-state index in [1.54, 1.807) is 18.2 Å². The minimum atomic E-state index is -3.43. The summed E-state index contributed by atoms with van der Waals surface area (Å²) in [5.74, 6) is 0. The van der Waals surface area contributed by atoms with Crippen LogP contribution in [0.3, 0.4) is 0 Å². The van der Waals surface area contributed by atoms with Gasteiger partial charge in [0, 0.05) is 17.6 Å². The lowest BCUT2D eigenvalue weighted by atomic mass is 10.2. The second-order valence-corrected chi connectivity index (χ2v) is 6.27. The van der Waals surface area contributed by atoms with Crippen molar-refractivity contribution in [1.29, 1.82) is 0 Å². The molecule has 0 unspecified atom stereocenters. The van der Waals surface area contributed by atoms with Crippen molar-refractivity contribution in [2.75, 3.05) is 19.6 Å². The van der Waals surface area contributed by atoms with Crippen LogP contribution in [0, 0.1) is 6.92 Å². The Labute approximate surface area is 123 Å². The highest BCUT2D eigenvalue weighted by atomic mass is 79.9. The smallest absolute Gasteiger partial charge is 0.241 e. The number of benzene rings is 1. The Hall–Kier alpha value is -0.140. The summed E-state index contributed by atoms with van der Waals surface area (Å²) in [5.41, 5.74) is 1.02. The summed E-state index contributed by atoms with van der Waals surface area (Å²) in [7, 11) is -3.43. The van der Waals surface area contributed by atoms with Crippen LogP contribution in [0.15, 0.2) is 27.6 Å². The Balaban J connectivity index is 0.00000289. The molecule has 0 radical (unpaired) electrons. The van der Waals surface area contributed by atoms with Crippen molar-refractivity contribution in [2.24, 2.45) is 0 Å². The van der Waals surface area contributed by atoms with Crippen LogP contribution >= 0.6 is 28.3 Å². The Kier molecular flexibility index (Phi) is 8.05. The van der Waals surface area contributed by atoms with Crippen molar-refractivity contribution in [2.45, 2.75) is 18.7 Å². The SMILES string of the molecule is CCNCCNS(=O)(=O)c1ccc(C)cc1Br.Cl. The molecule has 7 heteroatoms. The Morgan fingerprint density at radius 2 is 1.94 bits per heavy atom. The molecule has 1 rings (SSSR count). The Morgan fingerprint density at radius 1 is 1.28 bits per heavy atom. The third kappa shape index (κ3) is 5.24. The van der Waals surface area contributed by atoms with Crippen LogP contribution in [0.5, 0.6) is 0 Å². The molecule has 1 aromatic carbocycles. The zero-order valence-electron chi connectivity index (χ0n) is 10.4. The van der Waals surface area contributed by atoms with Crippen LogP contribution in [-0.4, -0.2) is 28.1 Å². The van der Waals surface area contributed by atoms with Crippen molar-refractivity contribution in [3.63, 3.8) is 0 Å². The van der Waals surface area contributed by atoms with Gasteiger partial charge >= 0.3 is 0 Å². The topological polar surface area (TPSA) is 58.2 Å². The van der Waals surface area contributed by atoms with Gasteiger partial charge in [0.2, 0.25) is 10.0 Å². The van der Waals surface area contributed by atoms with E-state index in [-0.39, 0.29) is 17.3 Å².